The second-order valence-electron chi connectivity index (χ2n) is 5.67. The van der Waals surface area contributed by atoms with Crippen LogP contribution in [0, 0.1) is 0 Å². The maximum absolute atomic E-state index is 12.5. The van der Waals surface area contributed by atoms with Gasteiger partial charge in [0.15, 0.2) is 9.84 Å². The summed E-state index contributed by atoms with van der Waals surface area (Å²) in [6.07, 6.45) is 0.298. The van der Waals surface area contributed by atoms with E-state index in [-0.39, 0.29) is 29.8 Å². The first kappa shape index (κ1) is 17.4. The van der Waals surface area contributed by atoms with Crippen LogP contribution in [-0.4, -0.2) is 73.7 Å². The number of aliphatic hydroxyl groups is 1. The molecular weight excluding hydrogens is 320 g/mol. The second kappa shape index (κ2) is 6.67. The van der Waals surface area contributed by atoms with Crippen molar-refractivity contribution in [2.45, 2.75) is 17.9 Å². The molecule has 23 heavy (non-hydrogen) atoms. The van der Waals surface area contributed by atoms with Crippen molar-refractivity contribution in [2.75, 3.05) is 32.4 Å². The lowest BCUT2D eigenvalue weighted by Gasteiger charge is -2.21. The molecule has 1 atom stereocenters. The highest BCUT2D eigenvalue weighted by Gasteiger charge is 2.26. The zero-order valence-corrected chi connectivity index (χ0v) is 13.9. The highest BCUT2D eigenvalue weighted by atomic mass is 32.2. The summed E-state index contributed by atoms with van der Waals surface area (Å²) in [4.78, 5) is 27.1. The Kier molecular flexibility index (Phi) is 5.06. The maximum Gasteiger partial charge on any atom is 0.254 e. The quantitative estimate of drug-likeness (QED) is 0.801. The molecule has 2 rings (SSSR count). The van der Waals surface area contributed by atoms with Crippen LogP contribution in [0.15, 0.2) is 29.2 Å². The van der Waals surface area contributed by atoms with Gasteiger partial charge in [0, 0.05) is 44.9 Å². The number of β-amino-alcohol motifs (C(OH)–C–C–N with tert-alkyl or cyclic N) is 1. The van der Waals surface area contributed by atoms with E-state index in [2.05, 4.69) is 0 Å². The van der Waals surface area contributed by atoms with Gasteiger partial charge >= 0.3 is 0 Å². The number of hydrogen-bond donors (Lipinski definition) is 1. The van der Waals surface area contributed by atoms with Crippen molar-refractivity contribution in [3.63, 3.8) is 0 Å². The van der Waals surface area contributed by atoms with Crippen LogP contribution in [0.25, 0.3) is 0 Å². The van der Waals surface area contributed by atoms with Gasteiger partial charge < -0.3 is 14.9 Å². The largest absolute Gasteiger partial charge is 0.389 e. The Hall–Kier alpha value is -1.93. The summed E-state index contributed by atoms with van der Waals surface area (Å²) >= 11 is 0. The van der Waals surface area contributed by atoms with Crippen LogP contribution in [0.1, 0.15) is 17.3 Å². The smallest absolute Gasteiger partial charge is 0.254 e. The normalized spacial score (nSPS) is 19.3. The predicted molar refractivity (Wildman–Crippen MR) is 83.7 cm³/mol. The molecule has 126 valence electrons. The molecule has 1 aromatic carbocycles. The molecule has 1 N–H and O–H groups in total. The van der Waals surface area contributed by atoms with Crippen molar-refractivity contribution in [1.82, 2.24) is 9.80 Å². The highest BCUT2D eigenvalue weighted by molar-refractivity contribution is 7.90. The summed E-state index contributed by atoms with van der Waals surface area (Å²) in [5.41, 5.74) is 0.348. The molecule has 0 aromatic heterocycles. The zero-order valence-electron chi connectivity index (χ0n) is 13.1. The molecule has 1 fully saturated rings. The molecule has 1 heterocycles. The molecule has 0 radical (unpaired) electrons. The molecule has 1 aromatic rings. The number of benzene rings is 1. The van der Waals surface area contributed by atoms with Gasteiger partial charge in [-0.3, -0.25) is 9.59 Å². The Morgan fingerprint density at radius 3 is 2.13 bits per heavy atom. The summed E-state index contributed by atoms with van der Waals surface area (Å²) in [6.45, 7) is 2.44. The summed E-state index contributed by atoms with van der Waals surface area (Å²) in [6, 6.07) is 5.69. The van der Waals surface area contributed by atoms with Crippen LogP contribution in [0.5, 0.6) is 0 Å². The van der Waals surface area contributed by atoms with E-state index < -0.39 is 15.9 Å². The number of sulfone groups is 1. The molecule has 2 amide bonds. The van der Waals surface area contributed by atoms with Crippen molar-refractivity contribution in [2.24, 2.45) is 0 Å². The lowest BCUT2D eigenvalue weighted by molar-refractivity contribution is -0.129. The third-order valence-electron chi connectivity index (χ3n) is 3.76. The molecule has 0 spiro atoms. The monoisotopic (exact) mass is 340 g/mol. The number of carbonyl (C=O) groups excluding carboxylic acids is 2. The predicted octanol–water partition coefficient (Wildman–Crippen LogP) is -0.245. The Morgan fingerprint density at radius 1 is 1.09 bits per heavy atom. The minimum absolute atomic E-state index is 0.135. The highest BCUT2D eigenvalue weighted by Crippen LogP contribution is 2.14. The molecular formula is C15H20N2O5S. The van der Waals surface area contributed by atoms with E-state index >= 15 is 0 Å². The molecule has 1 aliphatic heterocycles. The first-order valence-corrected chi connectivity index (χ1v) is 9.10. The summed E-state index contributed by atoms with van der Waals surface area (Å²) < 4.78 is 22.9. The van der Waals surface area contributed by atoms with Gasteiger partial charge in [-0.15, -0.1) is 0 Å². The minimum Gasteiger partial charge on any atom is -0.389 e. The van der Waals surface area contributed by atoms with Gasteiger partial charge in [-0.25, -0.2) is 8.42 Å². The fraction of sp³-hybridized carbons (Fsp3) is 0.467. The Labute approximate surface area is 135 Å². The van der Waals surface area contributed by atoms with E-state index in [1.165, 1.54) is 41.0 Å². The lowest BCUT2D eigenvalue weighted by Crippen LogP contribution is -2.37. The average molecular weight is 340 g/mol. The van der Waals surface area contributed by atoms with E-state index in [4.69, 9.17) is 0 Å². The fourth-order valence-corrected chi connectivity index (χ4v) is 3.12. The summed E-state index contributed by atoms with van der Waals surface area (Å²) in [7, 11) is -3.31. The third kappa shape index (κ3) is 4.29. The number of rotatable bonds is 2. The van der Waals surface area contributed by atoms with Gasteiger partial charge in [0.2, 0.25) is 5.91 Å². The fourth-order valence-electron chi connectivity index (χ4n) is 2.49. The van der Waals surface area contributed by atoms with Gasteiger partial charge in [-0.05, 0) is 24.3 Å². The van der Waals surface area contributed by atoms with Crippen LogP contribution < -0.4 is 0 Å². The van der Waals surface area contributed by atoms with Crippen LogP contribution in [0.4, 0.5) is 0 Å². The Balaban J connectivity index is 2.15. The number of hydrogen-bond acceptors (Lipinski definition) is 5. The van der Waals surface area contributed by atoms with Crippen molar-refractivity contribution in [1.29, 1.82) is 0 Å². The van der Waals surface area contributed by atoms with Gasteiger partial charge in [-0.1, -0.05) is 0 Å². The zero-order chi connectivity index (χ0) is 17.2. The summed E-state index contributed by atoms with van der Waals surface area (Å²) in [5.74, 6) is -0.439. The average Bonchev–Trinajstić information content (AvgIpc) is 2.67. The van der Waals surface area contributed by atoms with Crippen LogP contribution in [0.3, 0.4) is 0 Å². The van der Waals surface area contributed by atoms with E-state index in [1.54, 1.807) is 0 Å². The topological polar surface area (TPSA) is 95.0 Å². The third-order valence-corrected chi connectivity index (χ3v) is 4.89. The van der Waals surface area contributed by atoms with Gasteiger partial charge in [-0.2, -0.15) is 0 Å². The van der Waals surface area contributed by atoms with Crippen molar-refractivity contribution in [3.05, 3.63) is 29.8 Å². The second-order valence-corrected chi connectivity index (χ2v) is 7.68. The standard InChI is InChI=1S/C15H20N2O5S/c1-11(18)16-7-8-17(10-13(19)9-16)15(20)12-3-5-14(6-4-12)23(2,21)22/h3-6,13,19H,7-10H2,1-2H3. The lowest BCUT2D eigenvalue weighted by atomic mass is 10.2. The molecule has 8 heteroatoms. The van der Waals surface area contributed by atoms with E-state index in [0.717, 1.165) is 6.26 Å². The van der Waals surface area contributed by atoms with Crippen molar-refractivity contribution >= 4 is 21.7 Å². The number of carbonyl (C=O) groups is 2. The molecule has 7 nitrogen and oxygen atoms in total. The molecule has 1 aliphatic rings. The van der Waals surface area contributed by atoms with Crippen LogP contribution in [0.2, 0.25) is 0 Å². The molecule has 1 unspecified atom stereocenters. The van der Waals surface area contributed by atoms with E-state index in [9.17, 15) is 23.1 Å². The minimum atomic E-state index is -3.31. The van der Waals surface area contributed by atoms with Gasteiger partial charge in [0.1, 0.15) is 0 Å². The van der Waals surface area contributed by atoms with Crippen molar-refractivity contribution in [3.8, 4) is 0 Å². The molecule has 0 bridgehead atoms. The first-order chi connectivity index (χ1) is 10.7. The van der Waals surface area contributed by atoms with Gasteiger partial charge in [0.05, 0.1) is 11.0 Å². The Morgan fingerprint density at radius 2 is 1.61 bits per heavy atom. The molecule has 1 saturated heterocycles. The number of aliphatic hydroxyl groups excluding tert-OH is 1. The molecule has 0 aliphatic carbocycles. The van der Waals surface area contributed by atoms with Crippen molar-refractivity contribution < 1.29 is 23.1 Å². The van der Waals surface area contributed by atoms with E-state index in [0.29, 0.717) is 18.7 Å². The van der Waals surface area contributed by atoms with Gasteiger partial charge in [0.25, 0.3) is 5.91 Å². The van der Waals surface area contributed by atoms with E-state index in [1.807, 2.05) is 0 Å². The first-order valence-electron chi connectivity index (χ1n) is 7.21. The Bertz CT molecular complexity index is 699. The van der Waals surface area contributed by atoms with Crippen LogP contribution >= 0.6 is 0 Å². The SMILES string of the molecule is CC(=O)N1CCN(C(=O)c2ccc(S(C)(=O)=O)cc2)CC(O)C1. The number of nitrogens with zero attached hydrogens (tertiary/aromatic N) is 2. The summed E-state index contributed by atoms with van der Waals surface area (Å²) in [5, 5.41) is 9.96. The van der Waals surface area contributed by atoms with Crippen LogP contribution in [-0.2, 0) is 14.6 Å². The maximum atomic E-state index is 12.5. The molecule has 0 saturated carbocycles. The number of amides is 2.